The maximum Gasteiger partial charge on any atom is 0.258 e. The summed E-state index contributed by atoms with van der Waals surface area (Å²) in [5.41, 5.74) is 6.04. The molecule has 0 atom stereocenters. The van der Waals surface area contributed by atoms with E-state index >= 15 is 0 Å². The Balaban J connectivity index is 1.28. The van der Waals surface area contributed by atoms with Crippen molar-refractivity contribution < 1.29 is 4.79 Å². The van der Waals surface area contributed by atoms with Gasteiger partial charge in [-0.15, -0.1) is 0 Å². The predicted octanol–water partition coefficient (Wildman–Crippen LogP) is 6.20. The number of nitrogens with one attached hydrogen (secondary N) is 1. The van der Waals surface area contributed by atoms with Gasteiger partial charge in [0.25, 0.3) is 5.91 Å². The van der Waals surface area contributed by atoms with E-state index in [1.54, 1.807) is 4.90 Å². The topological polar surface area (TPSA) is 74.2 Å². The fourth-order valence-electron chi connectivity index (χ4n) is 4.62. The summed E-state index contributed by atoms with van der Waals surface area (Å²) in [5.74, 6) is 0.921. The summed E-state index contributed by atoms with van der Waals surface area (Å²) in [6.45, 7) is 5.91. The molecule has 5 rings (SSSR count). The van der Waals surface area contributed by atoms with Gasteiger partial charge in [0, 0.05) is 36.6 Å². The van der Waals surface area contributed by atoms with E-state index in [0.717, 1.165) is 41.9 Å². The van der Waals surface area contributed by atoms with Gasteiger partial charge in [0.2, 0.25) is 17.2 Å². The third-order valence-electron chi connectivity index (χ3n) is 6.47. The summed E-state index contributed by atoms with van der Waals surface area (Å²) in [4.78, 5) is 30.3. The number of fused-ring (bicyclic) bond motifs is 1. The van der Waals surface area contributed by atoms with Crippen molar-refractivity contribution in [1.82, 2.24) is 15.0 Å². The van der Waals surface area contributed by atoms with Crippen molar-refractivity contribution in [2.75, 3.05) is 28.2 Å². The van der Waals surface area contributed by atoms with Crippen LogP contribution in [-0.2, 0) is 13.0 Å². The normalized spacial score (nSPS) is 12.7. The molecule has 0 fully saturated rings. The van der Waals surface area contributed by atoms with Gasteiger partial charge < -0.3 is 15.1 Å². The zero-order valence-electron chi connectivity index (χ0n) is 21.0. The lowest BCUT2D eigenvalue weighted by atomic mass is 10.0. The lowest BCUT2D eigenvalue weighted by Gasteiger charge is -2.29. The average molecular weight is 513 g/mol. The summed E-state index contributed by atoms with van der Waals surface area (Å²) >= 11 is 6.27. The number of carbonyl (C=O) groups excluding carboxylic acids is 1. The van der Waals surface area contributed by atoms with Crippen LogP contribution in [0.5, 0.6) is 0 Å². The molecule has 4 aromatic rings. The Morgan fingerprint density at radius 3 is 2.62 bits per heavy atom. The first-order valence-electron chi connectivity index (χ1n) is 12.5. The fourth-order valence-corrected chi connectivity index (χ4v) is 4.78. The Hall–Kier alpha value is -3.97. The number of anilines is 4. The van der Waals surface area contributed by atoms with Crippen LogP contribution in [0.25, 0.3) is 0 Å². The number of halogens is 1. The molecule has 0 unspecified atom stereocenters. The molecule has 1 aliphatic heterocycles. The van der Waals surface area contributed by atoms with E-state index < -0.39 is 0 Å². The molecule has 8 heteroatoms. The lowest BCUT2D eigenvalue weighted by Crippen LogP contribution is -2.30. The number of hydrogen-bond acceptors (Lipinski definition) is 6. The smallest absolute Gasteiger partial charge is 0.258 e. The Kier molecular flexibility index (Phi) is 7.32. The summed E-state index contributed by atoms with van der Waals surface area (Å²) in [7, 11) is 0. The van der Waals surface area contributed by atoms with Crippen LogP contribution in [0.3, 0.4) is 0 Å². The van der Waals surface area contributed by atoms with Crippen molar-refractivity contribution in [3.8, 4) is 0 Å². The molecule has 7 nitrogen and oxygen atoms in total. The van der Waals surface area contributed by atoms with Crippen LogP contribution in [0.4, 0.5) is 23.3 Å². The second-order valence-corrected chi connectivity index (χ2v) is 9.39. The number of benzene rings is 3. The highest BCUT2D eigenvalue weighted by atomic mass is 35.5. The molecule has 1 N–H and O–H groups in total. The van der Waals surface area contributed by atoms with Gasteiger partial charge in [-0.1, -0.05) is 42.5 Å². The summed E-state index contributed by atoms with van der Waals surface area (Å²) in [6.07, 6.45) is 2.06. The quantitative estimate of drug-likeness (QED) is 0.318. The van der Waals surface area contributed by atoms with Gasteiger partial charge in [-0.3, -0.25) is 4.79 Å². The first-order chi connectivity index (χ1) is 18.0. The summed E-state index contributed by atoms with van der Waals surface area (Å²) in [6, 6.07) is 23.9. The monoisotopic (exact) mass is 512 g/mol. The van der Waals surface area contributed by atoms with Gasteiger partial charge in [-0.05, 0) is 85.3 Å². The number of nitrogens with zero attached hydrogens (tertiary/aromatic N) is 5. The van der Waals surface area contributed by atoms with Gasteiger partial charge >= 0.3 is 0 Å². The van der Waals surface area contributed by atoms with E-state index in [1.807, 2.05) is 68.4 Å². The van der Waals surface area contributed by atoms with Gasteiger partial charge in [-0.2, -0.15) is 15.0 Å². The maximum absolute atomic E-state index is 13.2. The Morgan fingerprint density at radius 1 is 1.03 bits per heavy atom. The third kappa shape index (κ3) is 5.57. The van der Waals surface area contributed by atoms with Crippen molar-refractivity contribution >= 4 is 40.8 Å². The van der Waals surface area contributed by atoms with Crippen molar-refractivity contribution in [3.05, 3.63) is 100 Å². The number of amides is 1. The number of rotatable bonds is 7. The first kappa shape index (κ1) is 24.7. The summed E-state index contributed by atoms with van der Waals surface area (Å²) in [5, 5.41) is 3.40. The minimum atomic E-state index is -0.0247. The van der Waals surface area contributed by atoms with E-state index in [1.165, 1.54) is 5.56 Å². The standard InChI is InChI=1S/C29H29ClN6O/c1-3-35(24-11-6-8-20(2)18-24)26(37)23-15-13-21(14-16-23)19-31-28-32-27(30)33-29(34-28)36-17-7-10-22-9-4-5-12-25(22)36/h4-6,8-9,11-16,18H,3,7,10,17,19H2,1-2H3,(H,31,32,33,34). The van der Waals surface area contributed by atoms with Crippen molar-refractivity contribution in [2.45, 2.75) is 33.2 Å². The molecule has 188 valence electrons. The van der Waals surface area contributed by atoms with Crippen molar-refractivity contribution in [2.24, 2.45) is 0 Å². The lowest BCUT2D eigenvalue weighted by molar-refractivity contribution is 0.0988. The number of hydrogen-bond donors (Lipinski definition) is 1. The van der Waals surface area contributed by atoms with E-state index in [9.17, 15) is 4.79 Å². The Labute approximate surface area is 222 Å². The zero-order valence-corrected chi connectivity index (χ0v) is 21.7. The van der Waals surface area contributed by atoms with Crippen LogP contribution < -0.4 is 15.1 Å². The largest absolute Gasteiger partial charge is 0.350 e. The molecule has 0 bridgehead atoms. The van der Waals surface area contributed by atoms with E-state index in [4.69, 9.17) is 11.6 Å². The molecule has 1 amide bonds. The minimum Gasteiger partial charge on any atom is -0.350 e. The average Bonchev–Trinajstić information content (AvgIpc) is 2.92. The fraction of sp³-hybridized carbons (Fsp3) is 0.241. The molecule has 0 aliphatic carbocycles. The van der Waals surface area contributed by atoms with Crippen LogP contribution in [-0.4, -0.2) is 33.9 Å². The molecule has 1 aliphatic rings. The van der Waals surface area contributed by atoms with Gasteiger partial charge in [-0.25, -0.2) is 0 Å². The van der Waals surface area contributed by atoms with Crippen LogP contribution >= 0.6 is 11.6 Å². The zero-order chi connectivity index (χ0) is 25.8. The molecule has 37 heavy (non-hydrogen) atoms. The van der Waals surface area contributed by atoms with Gasteiger partial charge in [0.05, 0.1) is 0 Å². The number of aromatic nitrogens is 3. The molecular formula is C29H29ClN6O. The Morgan fingerprint density at radius 2 is 1.84 bits per heavy atom. The van der Waals surface area contributed by atoms with Crippen LogP contribution in [0.2, 0.25) is 5.28 Å². The van der Waals surface area contributed by atoms with Crippen LogP contribution in [0.1, 0.15) is 40.4 Å². The SMILES string of the molecule is CCN(C(=O)c1ccc(CNc2nc(Cl)nc(N3CCCc4ccccc43)n2)cc1)c1cccc(C)c1. The van der Waals surface area contributed by atoms with E-state index in [2.05, 4.69) is 43.4 Å². The minimum absolute atomic E-state index is 0.0247. The predicted molar refractivity (Wildman–Crippen MR) is 149 cm³/mol. The number of para-hydroxylation sites is 1. The highest BCUT2D eigenvalue weighted by Gasteiger charge is 2.21. The molecule has 0 spiro atoms. The summed E-state index contributed by atoms with van der Waals surface area (Å²) < 4.78 is 0. The van der Waals surface area contributed by atoms with E-state index in [-0.39, 0.29) is 11.2 Å². The molecule has 3 aromatic carbocycles. The highest BCUT2D eigenvalue weighted by molar-refractivity contribution is 6.28. The molecule has 0 saturated carbocycles. The molecule has 1 aromatic heterocycles. The Bertz CT molecular complexity index is 1410. The van der Waals surface area contributed by atoms with E-state index in [0.29, 0.717) is 30.5 Å². The number of carbonyl (C=O) groups is 1. The van der Waals surface area contributed by atoms with Crippen molar-refractivity contribution in [3.63, 3.8) is 0 Å². The molecular weight excluding hydrogens is 484 g/mol. The van der Waals surface area contributed by atoms with Crippen LogP contribution in [0, 0.1) is 6.92 Å². The number of aryl methyl sites for hydroxylation is 2. The highest BCUT2D eigenvalue weighted by Crippen LogP contribution is 2.32. The molecule has 2 heterocycles. The third-order valence-corrected chi connectivity index (χ3v) is 6.64. The second-order valence-electron chi connectivity index (χ2n) is 9.05. The second kappa shape index (κ2) is 11.0. The molecule has 0 saturated heterocycles. The maximum atomic E-state index is 13.2. The van der Waals surface area contributed by atoms with Gasteiger partial charge in [0.1, 0.15) is 0 Å². The molecule has 0 radical (unpaired) electrons. The van der Waals surface area contributed by atoms with Gasteiger partial charge in [0.15, 0.2) is 0 Å². The van der Waals surface area contributed by atoms with Crippen LogP contribution in [0.15, 0.2) is 72.8 Å². The van der Waals surface area contributed by atoms with Crippen molar-refractivity contribution in [1.29, 1.82) is 0 Å². The first-order valence-corrected chi connectivity index (χ1v) is 12.9.